The summed E-state index contributed by atoms with van der Waals surface area (Å²) in [5.41, 5.74) is 2.82. The molecule has 1 nitrogen and oxygen atoms in total. The Morgan fingerprint density at radius 1 is 0.846 bits per heavy atom. The monoisotopic (exact) mass is 352 g/mol. The second kappa shape index (κ2) is 10.1. The van der Waals surface area contributed by atoms with Gasteiger partial charge in [0.15, 0.2) is 0 Å². The predicted molar refractivity (Wildman–Crippen MR) is 111 cm³/mol. The highest BCUT2D eigenvalue weighted by molar-refractivity contribution is 5.25. The third-order valence-electron chi connectivity index (χ3n) is 6.77. The van der Waals surface area contributed by atoms with E-state index in [1.165, 1.54) is 62.5 Å². The van der Waals surface area contributed by atoms with Crippen LogP contribution in [0.3, 0.4) is 0 Å². The normalized spacial score (nSPS) is 29.2. The zero-order valence-corrected chi connectivity index (χ0v) is 16.4. The predicted octanol–water partition coefficient (Wildman–Crippen LogP) is 7.05. The highest BCUT2D eigenvalue weighted by Gasteiger charge is 2.30. The van der Waals surface area contributed by atoms with Crippen molar-refractivity contribution in [2.45, 2.75) is 70.3 Å². The number of ether oxygens (including phenoxy) is 1. The van der Waals surface area contributed by atoms with Gasteiger partial charge in [0.2, 0.25) is 0 Å². The van der Waals surface area contributed by atoms with Crippen LogP contribution in [-0.2, 0) is 11.3 Å². The zero-order valence-electron chi connectivity index (χ0n) is 16.4. The molecule has 0 radical (unpaired) electrons. The molecular formula is C25H36O. The summed E-state index contributed by atoms with van der Waals surface area (Å²) in [5.74, 6) is 3.53. The minimum Gasteiger partial charge on any atom is -0.376 e. The zero-order chi connectivity index (χ0) is 18.2. The summed E-state index contributed by atoms with van der Waals surface area (Å²) in [5, 5.41) is 0. The molecule has 3 rings (SSSR count). The third-order valence-corrected chi connectivity index (χ3v) is 6.77. The van der Waals surface area contributed by atoms with Gasteiger partial charge in [0.25, 0.3) is 0 Å². The van der Waals surface area contributed by atoms with Crippen LogP contribution in [0.15, 0.2) is 49.6 Å². The summed E-state index contributed by atoms with van der Waals surface area (Å²) in [6.07, 6.45) is 16.3. The molecule has 0 amide bonds. The molecule has 0 saturated heterocycles. The molecule has 0 unspecified atom stereocenters. The molecule has 2 saturated carbocycles. The standard InChI is InChI=1S/C25H36O/c1-3-5-18-26-19-21-8-12-23(13-9-21)25-16-14-24(15-17-25)22-10-6-20(4-2)7-11-22/h3-4,8-9,12-13,20,22,24-25H,1-2,5-7,10-11,14-19H2/t20-,22-,24?,25?. The van der Waals surface area contributed by atoms with E-state index in [4.69, 9.17) is 4.74 Å². The fourth-order valence-corrected chi connectivity index (χ4v) is 5.02. The molecule has 2 aliphatic rings. The molecule has 2 aliphatic carbocycles. The number of hydrogen-bond donors (Lipinski definition) is 0. The fraction of sp³-hybridized carbons (Fsp3) is 0.600. The fourth-order valence-electron chi connectivity index (χ4n) is 5.02. The van der Waals surface area contributed by atoms with E-state index in [0.717, 1.165) is 36.7 Å². The molecule has 0 spiro atoms. The molecular weight excluding hydrogens is 316 g/mol. The van der Waals surface area contributed by atoms with Gasteiger partial charge in [-0.25, -0.2) is 0 Å². The lowest BCUT2D eigenvalue weighted by molar-refractivity contribution is 0.125. The molecule has 0 aromatic heterocycles. The highest BCUT2D eigenvalue weighted by Crippen LogP contribution is 2.44. The lowest BCUT2D eigenvalue weighted by Gasteiger charge is -2.37. The Morgan fingerprint density at radius 2 is 1.46 bits per heavy atom. The van der Waals surface area contributed by atoms with E-state index >= 15 is 0 Å². The Bertz CT molecular complexity index is 542. The van der Waals surface area contributed by atoms with Gasteiger partial charge >= 0.3 is 0 Å². The van der Waals surface area contributed by atoms with Crippen LogP contribution < -0.4 is 0 Å². The smallest absolute Gasteiger partial charge is 0.0717 e. The second-order valence-corrected chi connectivity index (χ2v) is 8.39. The molecule has 1 aromatic carbocycles. The Hall–Kier alpha value is -1.34. The largest absolute Gasteiger partial charge is 0.376 e. The third kappa shape index (κ3) is 5.33. The number of allylic oxidation sites excluding steroid dienone is 1. The van der Waals surface area contributed by atoms with Gasteiger partial charge in [-0.05, 0) is 92.6 Å². The SMILES string of the molecule is C=CCCOCc1ccc(C2CCC([C@H]3CC[C@H](C=C)CC3)CC2)cc1. The minimum atomic E-state index is 0.717. The molecule has 142 valence electrons. The second-order valence-electron chi connectivity index (χ2n) is 8.39. The topological polar surface area (TPSA) is 9.23 Å². The summed E-state index contributed by atoms with van der Waals surface area (Å²) in [4.78, 5) is 0. The van der Waals surface area contributed by atoms with Crippen molar-refractivity contribution in [2.75, 3.05) is 6.61 Å². The average molecular weight is 353 g/mol. The highest BCUT2D eigenvalue weighted by atomic mass is 16.5. The summed E-state index contributed by atoms with van der Waals surface area (Å²) >= 11 is 0. The van der Waals surface area contributed by atoms with Crippen molar-refractivity contribution in [3.63, 3.8) is 0 Å². The quantitative estimate of drug-likeness (QED) is 0.360. The van der Waals surface area contributed by atoms with Gasteiger partial charge < -0.3 is 4.74 Å². The van der Waals surface area contributed by atoms with Crippen LogP contribution in [0.4, 0.5) is 0 Å². The molecule has 1 aromatic rings. The molecule has 26 heavy (non-hydrogen) atoms. The van der Waals surface area contributed by atoms with E-state index in [9.17, 15) is 0 Å². The number of benzene rings is 1. The van der Waals surface area contributed by atoms with Crippen LogP contribution in [-0.4, -0.2) is 6.61 Å². The first-order chi connectivity index (χ1) is 12.8. The van der Waals surface area contributed by atoms with Crippen LogP contribution in [0.2, 0.25) is 0 Å². The molecule has 0 bridgehead atoms. The van der Waals surface area contributed by atoms with Gasteiger partial charge in [0.1, 0.15) is 0 Å². The van der Waals surface area contributed by atoms with Crippen molar-refractivity contribution in [1.29, 1.82) is 0 Å². The van der Waals surface area contributed by atoms with Gasteiger partial charge in [-0.1, -0.05) is 36.4 Å². The van der Waals surface area contributed by atoms with E-state index in [1.807, 2.05) is 6.08 Å². The molecule has 0 aliphatic heterocycles. The van der Waals surface area contributed by atoms with Crippen molar-refractivity contribution in [3.05, 3.63) is 60.7 Å². The minimum absolute atomic E-state index is 0.717. The first kappa shape index (κ1) is 19.4. The maximum atomic E-state index is 5.66. The van der Waals surface area contributed by atoms with Crippen molar-refractivity contribution in [3.8, 4) is 0 Å². The maximum Gasteiger partial charge on any atom is 0.0717 e. The van der Waals surface area contributed by atoms with Crippen LogP contribution in [0.1, 0.15) is 74.8 Å². The molecule has 0 N–H and O–H groups in total. The molecule has 0 heterocycles. The first-order valence-corrected chi connectivity index (χ1v) is 10.7. The van der Waals surface area contributed by atoms with E-state index in [1.54, 1.807) is 0 Å². The van der Waals surface area contributed by atoms with Gasteiger partial charge in [0, 0.05) is 0 Å². The lowest BCUT2D eigenvalue weighted by atomic mass is 9.68. The van der Waals surface area contributed by atoms with Crippen LogP contribution in [0.25, 0.3) is 0 Å². The van der Waals surface area contributed by atoms with Crippen LogP contribution in [0.5, 0.6) is 0 Å². The molecule has 0 atom stereocenters. The van der Waals surface area contributed by atoms with Crippen molar-refractivity contribution >= 4 is 0 Å². The van der Waals surface area contributed by atoms with Crippen molar-refractivity contribution < 1.29 is 4.74 Å². The summed E-state index contributed by atoms with van der Waals surface area (Å²) in [7, 11) is 0. The molecule has 2 fully saturated rings. The van der Waals surface area contributed by atoms with E-state index < -0.39 is 0 Å². The van der Waals surface area contributed by atoms with E-state index in [2.05, 4.69) is 43.5 Å². The van der Waals surface area contributed by atoms with Gasteiger partial charge in [0.05, 0.1) is 13.2 Å². The van der Waals surface area contributed by atoms with Gasteiger partial charge in [-0.3, -0.25) is 0 Å². The van der Waals surface area contributed by atoms with E-state index in [0.29, 0.717) is 6.61 Å². The number of rotatable bonds is 8. The van der Waals surface area contributed by atoms with Crippen molar-refractivity contribution in [2.24, 2.45) is 17.8 Å². The summed E-state index contributed by atoms with van der Waals surface area (Å²) in [6.45, 7) is 9.20. The maximum absolute atomic E-state index is 5.66. The Kier molecular flexibility index (Phi) is 7.55. The summed E-state index contributed by atoms with van der Waals surface area (Å²) < 4.78 is 5.66. The Balaban J connectivity index is 1.43. The van der Waals surface area contributed by atoms with Gasteiger partial charge in [-0.15, -0.1) is 13.2 Å². The number of hydrogen-bond acceptors (Lipinski definition) is 1. The van der Waals surface area contributed by atoms with Gasteiger partial charge in [-0.2, -0.15) is 0 Å². The summed E-state index contributed by atoms with van der Waals surface area (Å²) in [6, 6.07) is 9.19. The van der Waals surface area contributed by atoms with Crippen LogP contribution >= 0.6 is 0 Å². The van der Waals surface area contributed by atoms with Crippen molar-refractivity contribution in [1.82, 2.24) is 0 Å². The molecule has 1 heteroatoms. The first-order valence-electron chi connectivity index (χ1n) is 10.7. The van der Waals surface area contributed by atoms with Crippen LogP contribution in [0, 0.1) is 17.8 Å². The Morgan fingerprint density at radius 3 is 2.04 bits per heavy atom. The van der Waals surface area contributed by atoms with E-state index in [-0.39, 0.29) is 0 Å². The Labute approximate surface area is 160 Å². The lowest BCUT2D eigenvalue weighted by Crippen LogP contribution is -2.25. The average Bonchev–Trinajstić information content (AvgIpc) is 2.72.